The van der Waals surface area contributed by atoms with Crippen LogP contribution < -0.4 is 4.90 Å². The van der Waals surface area contributed by atoms with Crippen molar-refractivity contribution in [3.63, 3.8) is 0 Å². The Bertz CT molecular complexity index is 1200. The smallest absolute Gasteiger partial charge is 0.260 e. The molecular formula is C25H25N3OS. The van der Waals surface area contributed by atoms with Gasteiger partial charge in [0, 0.05) is 18.0 Å². The van der Waals surface area contributed by atoms with Gasteiger partial charge in [0.15, 0.2) is 5.13 Å². The van der Waals surface area contributed by atoms with Crippen LogP contribution in [-0.2, 0) is 6.54 Å². The van der Waals surface area contributed by atoms with Crippen molar-refractivity contribution < 1.29 is 4.79 Å². The van der Waals surface area contributed by atoms with Crippen LogP contribution in [0.3, 0.4) is 0 Å². The third-order valence-electron chi connectivity index (χ3n) is 5.22. The van der Waals surface area contributed by atoms with Gasteiger partial charge in [0.25, 0.3) is 5.91 Å². The minimum Gasteiger partial charge on any atom is -0.279 e. The van der Waals surface area contributed by atoms with Gasteiger partial charge in [-0.1, -0.05) is 61.1 Å². The van der Waals surface area contributed by atoms with E-state index in [4.69, 9.17) is 4.98 Å². The molecule has 0 fully saturated rings. The number of nitrogens with zero attached hydrogens (tertiary/aromatic N) is 3. The van der Waals surface area contributed by atoms with Crippen LogP contribution >= 0.6 is 11.3 Å². The minimum absolute atomic E-state index is 0.0368. The minimum atomic E-state index is -0.0368. The van der Waals surface area contributed by atoms with Gasteiger partial charge in [0.05, 0.1) is 16.8 Å². The molecule has 1 amide bonds. The van der Waals surface area contributed by atoms with Gasteiger partial charge in [-0.2, -0.15) is 0 Å². The molecule has 4 aromatic rings. The Morgan fingerprint density at radius 3 is 2.67 bits per heavy atom. The molecule has 4 nitrogen and oxygen atoms in total. The summed E-state index contributed by atoms with van der Waals surface area (Å²) in [6, 6.07) is 16.1. The highest BCUT2D eigenvalue weighted by atomic mass is 32.1. The van der Waals surface area contributed by atoms with Crippen LogP contribution in [-0.4, -0.2) is 15.9 Å². The molecule has 5 heteroatoms. The lowest BCUT2D eigenvalue weighted by Gasteiger charge is -2.21. The van der Waals surface area contributed by atoms with Gasteiger partial charge in [-0.25, -0.2) is 4.98 Å². The first kappa shape index (κ1) is 20.2. The molecule has 2 heterocycles. The Kier molecular flexibility index (Phi) is 5.64. The van der Waals surface area contributed by atoms with Crippen LogP contribution in [0, 0.1) is 13.8 Å². The number of para-hydroxylation sites is 1. The quantitative estimate of drug-likeness (QED) is 0.385. The van der Waals surface area contributed by atoms with E-state index in [0.717, 1.165) is 26.9 Å². The molecule has 0 spiro atoms. The van der Waals surface area contributed by atoms with Gasteiger partial charge in [-0.3, -0.25) is 14.7 Å². The second-order valence-electron chi connectivity index (χ2n) is 7.92. The third-order valence-corrected chi connectivity index (χ3v) is 6.27. The molecule has 0 radical (unpaired) electrons. The first-order valence-corrected chi connectivity index (χ1v) is 10.9. The summed E-state index contributed by atoms with van der Waals surface area (Å²) in [5, 5.41) is 0.716. The van der Waals surface area contributed by atoms with Crippen molar-refractivity contribution in [2.75, 3.05) is 4.90 Å². The number of benzene rings is 2. The Balaban J connectivity index is 1.83. The van der Waals surface area contributed by atoms with Gasteiger partial charge in [-0.05, 0) is 54.7 Å². The molecule has 2 aromatic heterocycles. The number of pyridine rings is 1. The van der Waals surface area contributed by atoms with E-state index in [1.54, 1.807) is 28.6 Å². The van der Waals surface area contributed by atoms with Crippen LogP contribution in [0.15, 0.2) is 60.9 Å². The van der Waals surface area contributed by atoms with Gasteiger partial charge in [0.2, 0.25) is 0 Å². The Morgan fingerprint density at radius 1 is 1.10 bits per heavy atom. The standard InChI is InChI=1S/C25H25N3OS/c1-16(2)20-8-5-9-22-23(20)27-25(30-22)28(15-19-7-6-12-26-14-19)24(29)21-13-17(3)10-11-18(21)4/h5-14,16H,15H2,1-4H3. The number of fused-ring (bicyclic) bond motifs is 1. The average Bonchev–Trinajstić information content (AvgIpc) is 3.17. The van der Waals surface area contributed by atoms with E-state index in [2.05, 4.69) is 37.0 Å². The number of thiazole rings is 1. The normalized spacial score (nSPS) is 11.2. The van der Waals surface area contributed by atoms with Crippen molar-refractivity contribution in [2.45, 2.75) is 40.2 Å². The average molecular weight is 416 g/mol. The predicted molar refractivity (Wildman–Crippen MR) is 124 cm³/mol. The number of hydrogen-bond donors (Lipinski definition) is 0. The number of aryl methyl sites for hydroxylation is 2. The molecular weight excluding hydrogens is 390 g/mol. The lowest BCUT2D eigenvalue weighted by atomic mass is 10.0. The van der Waals surface area contributed by atoms with Gasteiger partial charge < -0.3 is 0 Å². The topological polar surface area (TPSA) is 46.1 Å². The SMILES string of the molecule is Cc1ccc(C)c(C(=O)N(Cc2cccnc2)c2nc3c(C(C)C)cccc3s2)c1. The molecule has 2 aromatic carbocycles. The highest BCUT2D eigenvalue weighted by Gasteiger charge is 2.24. The maximum atomic E-state index is 13.7. The van der Waals surface area contributed by atoms with Crippen LogP contribution in [0.1, 0.15) is 52.4 Å². The lowest BCUT2D eigenvalue weighted by molar-refractivity contribution is 0.0984. The molecule has 0 N–H and O–H groups in total. The molecule has 0 aliphatic rings. The fraction of sp³-hybridized carbons (Fsp3) is 0.240. The third kappa shape index (κ3) is 3.98. The number of carbonyl (C=O) groups excluding carboxylic acids is 1. The van der Waals surface area contributed by atoms with Crippen molar-refractivity contribution >= 4 is 32.6 Å². The highest BCUT2D eigenvalue weighted by molar-refractivity contribution is 7.22. The van der Waals surface area contributed by atoms with E-state index in [1.165, 1.54) is 5.56 Å². The van der Waals surface area contributed by atoms with Crippen LogP contribution in [0.25, 0.3) is 10.2 Å². The molecule has 0 saturated heterocycles. The van der Waals surface area contributed by atoms with E-state index in [1.807, 2.05) is 44.2 Å². The maximum absolute atomic E-state index is 13.7. The summed E-state index contributed by atoms with van der Waals surface area (Å²) in [5.74, 6) is 0.329. The van der Waals surface area contributed by atoms with E-state index in [-0.39, 0.29) is 5.91 Å². The molecule has 0 aliphatic carbocycles. The second-order valence-corrected chi connectivity index (χ2v) is 8.93. The number of rotatable bonds is 5. The summed E-state index contributed by atoms with van der Waals surface area (Å²) >= 11 is 1.56. The Labute approximate surface area is 181 Å². The Hall–Kier alpha value is -3.05. The second kappa shape index (κ2) is 8.36. The molecule has 4 rings (SSSR count). The molecule has 30 heavy (non-hydrogen) atoms. The van der Waals surface area contributed by atoms with E-state index in [9.17, 15) is 4.79 Å². The Morgan fingerprint density at radius 2 is 1.93 bits per heavy atom. The van der Waals surface area contributed by atoms with Crippen molar-refractivity contribution in [3.8, 4) is 0 Å². The molecule has 0 unspecified atom stereocenters. The molecule has 0 atom stereocenters. The summed E-state index contributed by atoms with van der Waals surface area (Å²) in [6.07, 6.45) is 3.54. The number of anilines is 1. The van der Waals surface area contributed by atoms with Crippen molar-refractivity contribution in [3.05, 3.63) is 88.7 Å². The van der Waals surface area contributed by atoms with Crippen LogP contribution in [0.5, 0.6) is 0 Å². The van der Waals surface area contributed by atoms with E-state index in [0.29, 0.717) is 23.2 Å². The lowest BCUT2D eigenvalue weighted by Crippen LogP contribution is -2.31. The first-order valence-electron chi connectivity index (χ1n) is 10.1. The van der Waals surface area contributed by atoms with Crippen LogP contribution in [0.2, 0.25) is 0 Å². The monoisotopic (exact) mass is 415 g/mol. The van der Waals surface area contributed by atoms with Gasteiger partial charge in [-0.15, -0.1) is 0 Å². The predicted octanol–water partition coefficient (Wildman–Crippen LogP) is 6.28. The summed E-state index contributed by atoms with van der Waals surface area (Å²) in [7, 11) is 0. The van der Waals surface area contributed by atoms with Gasteiger partial charge in [0.1, 0.15) is 0 Å². The molecule has 0 bridgehead atoms. The summed E-state index contributed by atoms with van der Waals surface area (Å²) in [4.78, 5) is 24.6. The van der Waals surface area contributed by atoms with E-state index < -0.39 is 0 Å². The zero-order valence-electron chi connectivity index (χ0n) is 17.7. The number of carbonyl (C=O) groups is 1. The summed E-state index contributed by atoms with van der Waals surface area (Å²) in [6.45, 7) is 8.75. The van der Waals surface area contributed by atoms with Crippen molar-refractivity contribution in [1.29, 1.82) is 0 Å². The molecule has 0 saturated carbocycles. The summed E-state index contributed by atoms with van der Waals surface area (Å²) < 4.78 is 1.10. The molecule has 152 valence electrons. The zero-order chi connectivity index (χ0) is 21.3. The van der Waals surface area contributed by atoms with E-state index >= 15 is 0 Å². The van der Waals surface area contributed by atoms with Crippen molar-refractivity contribution in [1.82, 2.24) is 9.97 Å². The largest absolute Gasteiger partial charge is 0.279 e. The number of amides is 1. The fourth-order valence-corrected chi connectivity index (χ4v) is 4.55. The number of aromatic nitrogens is 2. The van der Waals surface area contributed by atoms with Crippen molar-refractivity contribution in [2.24, 2.45) is 0 Å². The number of hydrogen-bond acceptors (Lipinski definition) is 4. The maximum Gasteiger partial charge on any atom is 0.260 e. The van der Waals surface area contributed by atoms with Gasteiger partial charge >= 0.3 is 0 Å². The fourth-order valence-electron chi connectivity index (χ4n) is 3.55. The van der Waals surface area contributed by atoms with Crippen LogP contribution in [0.4, 0.5) is 5.13 Å². The molecule has 0 aliphatic heterocycles. The summed E-state index contributed by atoms with van der Waals surface area (Å²) in [5.41, 5.74) is 5.90. The first-order chi connectivity index (χ1) is 14.4. The zero-order valence-corrected chi connectivity index (χ0v) is 18.5. The highest BCUT2D eigenvalue weighted by Crippen LogP contribution is 2.35.